The minimum absolute atomic E-state index is 0.00747. The molecule has 122 valence electrons. The zero-order valence-electron chi connectivity index (χ0n) is 13.7. The van der Waals surface area contributed by atoms with Crippen LogP contribution in [-0.2, 0) is 11.3 Å². The fraction of sp³-hybridized carbons (Fsp3) is 0.471. The van der Waals surface area contributed by atoms with E-state index in [0.717, 1.165) is 12.3 Å². The van der Waals surface area contributed by atoms with Gasteiger partial charge in [-0.05, 0) is 26.0 Å². The maximum atomic E-state index is 12.7. The van der Waals surface area contributed by atoms with E-state index in [2.05, 4.69) is 18.8 Å². The highest BCUT2D eigenvalue weighted by molar-refractivity contribution is 8.00. The van der Waals surface area contributed by atoms with Crippen LogP contribution >= 0.6 is 11.8 Å². The Hall–Kier alpha value is -1.82. The van der Waals surface area contributed by atoms with Crippen molar-refractivity contribution >= 4 is 28.6 Å². The zero-order chi connectivity index (χ0) is 16.6. The van der Waals surface area contributed by atoms with Gasteiger partial charge >= 0.3 is 0 Å². The third-order valence-corrected chi connectivity index (χ3v) is 5.89. The second-order valence-electron chi connectivity index (χ2n) is 5.97. The highest BCUT2D eigenvalue weighted by Crippen LogP contribution is 2.24. The number of carbonyl (C=O) groups is 1. The Bertz CT molecular complexity index is 802. The number of para-hydroxylation sites is 1. The monoisotopic (exact) mass is 331 g/mol. The maximum Gasteiger partial charge on any atom is 0.261 e. The number of fused-ring (bicyclic) bond motifs is 1. The molecular formula is C17H21N3O2S. The summed E-state index contributed by atoms with van der Waals surface area (Å²) in [6.07, 6.45) is 0. The average molecular weight is 331 g/mol. The first-order chi connectivity index (χ1) is 11.0. The third kappa shape index (κ3) is 3.00. The molecule has 0 radical (unpaired) electrons. The smallest absolute Gasteiger partial charge is 0.261 e. The van der Waals surface area contributed by atoms with Crippen molar-refractivity contribution in [1.82, 2.24) is 14.5 Å². The van der Waals surface area contributed by atoms with Gasteiger partial charge in [0, 0.05) is 23.6 Å². The highest BCUT2D eigenvalue weighted by atomic mass is 32.2. The number of aryl methyl sites for hydroxylation is 1. The fourth-order valence-electron chi connectivity index (χ4n) is 2.98. The van der Waals surface area contributed by atoms with Crippen molar-refractivity contribution in [3.8, 4) is 0 Å². The molecule has 5 nitrogen and oxygen atoms in total. The number of rotatable bonds is 2. The lowest BCUT2D eigenvalue weighted by atomic mass is 10.2. The normalized spacial score (nSPS) is 21.6. The largest absolute Gasteiger partial charge is 0.337 e. The predicted molar refractivity (Wildman–Crippen MR) is 93.8 cm³/mol. The molecule has 0 spiro atoms. The van der Waals surface area contributed by atoms with Crippen LogP contribution < -0.4 is 5.56 Å². The van der Waals surface area contributed by atoms with Crippen molar-refractivity contribution in [2.45, 2.75) is 38.6 Å². The standard InChI is InChI=1S/C17H21N3O2S/c1-11-12(2)23-9-8-19(11)16(21)10-20-13(3)18-15-7-5-4-6-14(15)17(20)22/h4-7,11-12H,8-10H2,1-3H3/t11-,12+/m1/s1. The molecule has 6 heteroatoms. The number of hydrogen-bond donors (Lipinski definition) is 0. The van der Waals surface area contributed by atoms with Gasteiger partial charge in [-0.15, -0.1) is 0 Å². The molecule has 2 heterocycles. The Morgan fingerprint density at radius 3 is 2.87 bits per heavy atom. The summed E-state index contributed by atoms with van der Waals surface area (Å²) in [5.41, 5.74) is 0.531. The van der Waals surface area contributed by atoms with Crippen LogP contribution in [0.2, 0.25) is 0 Å². The molecule has 1 aromatic carbocycles. The quantitative estimate of drug-likeness (QED) is 0.845. The molecule has 0 aliphatic carbocycles. The van der Waals surface area contributed by atoms with Crippen molar-refractivity contribution in [3.05, 3.63) is 40.4 Å². The van der Waals surface area contributed by atoms with Gasteiger partial charge in [-0.25, -0.2) is 4.98 Å². The summed E-state index contributed by atoms with van der Waals surface area (Å²) in [4.78, 5) is 31.7. The van der Waals surface area contributed by atoms with Crippen LogP contribution in [0.4, 0.5) is 0 Å². The second kappa shape index (κ2) is 6.35. The number of amides is 1. The molecule has 23 heavy (non-hydrogen) atoms. The maximum absolute atomic E-state index is 12.7. The summed E-state index contributed by atoms with van der Waals surface area (Å²) in [6, 6.07) is 7.44. The van der Waals surface area contributed by atoms with Crippen molar-refractivity contribution in [2.75, 3.05) is 12.3 Å². The molecular weight excluding hydrogens is 310 g/mol. The van der Waals surface area contributed by atoms with E-state index in [0.29, 0.717) is 22.0 Å². The summed E-state index contributed by atoms with van der Waals surface area (Å²) < 4.78 is 1.49. The summed E-state index contributed by atoms with van der Waals surface area (Å²) >= 11 is 1.89. The minimum Gasteiger partial charge on any atom is -0.337 e. The Kier molecular flexibility index (Phi) is 4.43. The molecule has 0 bridgehead atoms. The molecule has 0 N–H and O–H groups in total. The summed E-state index contributed by atoms with van der Waals surface area (Å²) in [6.45, 7) is 6.79. The van der Waals surface area contributed by atoms with Crippen LogP contribution in [0.15, 0.2) is 29.1 Å². The second-order valence-corrected chi connectivity index (χ2v) is 7.46. The van der Waals surface area contributed by atoms with E-state index in [1.165, 1.54) is 4.57 Å². The van der Waals surface area contributed by atoms with E-state index >= 15 is 0 Å². The SMILES string of the molecule is Cc1nc2ccccc2c(=O)n1CC(=O)N1CCS[C@@H](C)[C@H]1C. The van der Waals surface area contributed by atoms with E-state index < -0.39 is 0 Å². The van der Waals surface area contributed by atoms with Gasteiger partial charge in [-0.2, -0.15) is 11.8 Å². The van der Waals surface area contributed by atoms with Gasteiger partial charge in [-0.3, -0.25) is 14.2 Å². The molecule has 0 unspecified atom stereocenters. The molecule has 1 aliphatic heterocycles. The molecule has 3 rings (SSSR count). The lowest BCUT2D eigenvalue weighted by molar-refractivity contribution is -0.133. The Balaban J connectivity index is 1.92. The van der Waals surface area contributed by atoms with E-state index in [1.807, 2.05) is 34.9 Å². The van der Waals surface area contributed by atoms with Gasteiger partial charge in [0.05, 0.1) is 10.9 Å². The van der Waals surface area contributed by atoms with Gasteiger partial charge in [0.25, 0.3) is 5.56 Å². The number of thioether (sulfide) groups is 1. The first-order valence-corrected chi connectivity index (χ1v) is 8.91. The third-order valence-electron chi connectivity index (χ3n) is 4.55. The molecule has 2 aromatic rings. The van der Waals surface area contributed by atoms with Crippen LogP contribution in [0, 0.1) is 6.92 Å². The van der Waals surface area contributed by atoms with E-state index in [9.17, 15) is 9.59 Å². The molecule has 2 atom stereocenters. The summed E-state index contributed by atoms with van der Waals surface area (Å²) in [5, 5.41) is 0.974. The van der Waals surface area contributed by atoms with Gasteiger partial charge in [0.2, 0.25) is 5.91 Å². The van der Waals surface area contributed by atoms with Crippen molar-refractivity contribution in [3.63, 3.8) is 0 Å². The van der Waals surface area contributed by atoms with Crippen LogP contribution in [0.1, 0.15) is 19.7 Å². The molecule has 0 saturated carbocycles. The minimum atomic E-state index is -0.145. The van der Waals surface area contributed by atoms with Crippen LogP contribution in [0.3, 0.4) is 0 Å². The number of hydrogen-bond acceptors (Lipinski definition) is 4. The molecule has 1 aliphatic rings. The lowest BCUT2D eigenvalue weighted by Crippen LogP contribution is -2.49. The number of carbonyl (C=O) groups excluding carboxylic acids is 1. The van der Waals surface area contributed by atoms with E-state index in [1.54, 1.807) is 13.0 Å². The summed E-state index contributed by atoms with van der Waals surface area (Å²) in [7, 11) is 0. The van der Waals surface area contributed by atoms with Crippen LogP contribution in [0.5, 0.6) is 0 Å². The van der Waals surface area contributed by atoms with Crippen molar-refractivity contribution in [1.29, 1.82) is 0 Å². The Morgan fingerprint density at radius 1 is 1.35 bits per heavy atom. The first kappa shape index (κ1) is 16.1. The lowest BCUT2D eigenvalue weighted by Gasteiger charge is -2.37. The van der Waals surface area contributed by atoms with Crippen LogP contribution in [-0.4, -0.2) is 43.9 Å². The van der Waals surface area contributed by atoms with Crippen molar-refractivity contribution < 1.29 is 4.79 Å². The topological polar surface area (TPSA) is 55.2 Å². The molecule has 1 saturated heterocycles. The highest BCUT2D eigenvalue weighted by Gasteiger charge is 2.29. The van der Waals surface area contributed by atoms with Crippen molar-refractivity contribution in [2.24, 2.45) is 0 Å². The Morgan fingerprint density at radius 2 is 2.09 bits per heavy atom. The van der Waals surface area contributed by atoms with E-state index in [-0.39, 0.29) is 24.1 Å². The zero-order valence-corrected chi connectivity index (χ0v) is 14.5. The van der Waals surface area contributed by atoms with Gasteiger partial charge in [0.1, 0.15) is 12.4 Å². The van der Waals surface area contributed by atoms with Gasteiger partial charge in [-0.1, -0.05) is 19.1 Å². The number of aromatic nitrogens is 2. The van der Waals surface area contributed by atoms with E-state index in [4.69, 9.17) is 0 Å². The van der Waals surface area contributed by atoms with Crippen LogP contribution in [0.25, 0.3) is 10.9 Å². The number of benzene rings is 1. The molecule has 1 amide bonds. The average Bonchev–Trinajstić information content (AvgIpc) is 2.54. The Labute approximate surface area is 139 Å². The predicted octanol–water partition coefficient (Wildman–Crippen LogP) is 2.06. The summed E-state index contributed by atoms with van der Waals surface area (Å²) in [5.74, 6) is 1.52. The van der Waals surface area contributed by atoms with Gasteiger partial charge < -0.3 is 4.90 Å². The number of nitrogens with zero attached hydrogens (tertiary/aromatic N) is 3. The molecule has 1 fully saturated rings. The first-order valence-electron chi connectivity index (χ1n) is 7.86. The van der Waals surface area contributed by atoms with Gasteiger partial charge in [0.15, 0.2) is 0 Å². The fourth-order valence-corrected chi connectivity index (χ4v) is 4.08. The molecule has 1 aromatic heterocycles.